The summed E-state index contributed by atoms with van der Waals surface area (Å²) in [6.07, 6.45) is 4.04. The van der Waals surface area contributed by atoms with Crippen LogP contribution in [0.25, 0.3) is 0 Å². The van der Waals surface area contributed by atoms with E-state index in [1.54, 1.807) is 0 Å². The van der Waals surface area contributed by atoms with E-state index in [2.05, 4.69) is 4.72 Å². The number of nitrogen functional groups attached to an aromatic ring is 1. The Kier molecular flexibility index (Phi) is 5.26. The van der Waals surface area contributed by atoms with Crippen LogP contribution in [0.4, 0.5) is 5.69 Å². The Morgan fingerprint density at radius 3 is 2.85 bits per heavy atom. The van der Waals surface area contributed by atoms with Gasteiger partial charge >= 0.3 is 0 Å². The Morgan fingerprint density at radius 2 is 2.20 bits per heavy atom. The topological polar surface area (TPSA) is 81.4 Å². The molecule has 2 rings (SSSR count). The summed E-state index contributed by atoms with van der Waals surface area (Å²) in [6, 6.07) is 4.36. The number of benzene rings is 1. The Morgan fingerprint density at radius 1 is 1.40 bits per heavy atom. The van der Waals surface area contributed by atoms with Crippen molar-refractivity contribution >= 4 is 27.3 Å². The smallest absolute Gasteiger partial charge is 0.242 e. The van der Waals surface area contributed by atoms with E-state index in [9.17, 15) is 8.42 Å². The lowest BCUT2D eigenvalue weighted by Gasteiger charge is -2.22. The largest absolute Gasteiger partial charge is 0.398 e. The lowest BCUT2D eigenvalue weighted by molar-refractivity contribution is 0.0123. The fraction of sp³-hybridized carbons (Fsp3) is 0.538. The predicted octanol–water partition coefficient (Wildman–Crippen LogP) is 2.16. The number of nitrogens with two attached hydrogens (primary N) is 1. The van der Waals surface area contributed by atoms with Crippen molar-refractivity contribution in [1.29, 1.82) is 0 Å². The highest BCUT2D eigenvalue weighted by Crippen LogP contribution is 2.22. The molecule has 1 aromatic carbocycles. The average molecular weight is 319 g/mol. The molecule has 0 aromatic heterocycles. The molecule has 1 aliphatic heterocycles. The molecule has 112 valence electrons. The number of hydrogen-bond acceptors (Lipinski definition) is 4. The highest BCUT2D eigenvalue weighted by molar-refractivity contribution is 7.89. The van der Waals surface area contributed by atoms with Gasteiger partial charge in [0.1, 0.15) is 4.90 Å². The van der Waals surface area contributed by atoms with Gasteiger partial charge in [-0.2, -0.15) is 0 Å². The van der Waals surface area contributed by atoms with Crippen LogP contribution in [0.3, 0.4) is 0 Å². The van der Waals surface area contributed by atoms with Crippen LogP contribution in [0, 0.1) is 0 Å². The van der Waals surface area contributed by atoms with Gasteiger partial charge < -0.3 is 10.5 Å². The summed E-state index contributed by atoms with van der Waals surface area (Å²) in [5.41, 5.74) is 5.85. The van der Waals surface area contributed by atoms with E-state index in [1.807, 2.05) is 0 Å². The second-order valence-corrected chi connectivity index (χ2v) is 7.03. The molecule has 0 saturated carbocycles. The van der Waals surface area contributed by atoms with Gasteiger partial charge in [-0.15, -0.1) is 0 Å². The summed E-state index contributed by atoms with van der Waals surface area (Å²) in [5.74, 6) is 0. The molecule has 1 fully saturated rings. The maximum absolute atomic E-state index is 12.1. The molecule has 7 heteroatoms. The lowest BCUT2D eigenvalue weighted by atomic mass is 10.1. The number of sulfonamides is 1. The minimum atomic E-state index is -3.60. The molecule has 1 unspecified atom stereocenters. The van der Waals surface area contributed by atoms with Crippen LogP contribution < -0.4 is 10.5 Å². The van der Waals surface area contributed by atoms with Crippen LogP contribution >= 0.6 is 11.6 Å². The molecule has 1 saturated heterocycles. The molecule has 5 nitrogen and oxygen atoms in total. The average Bonchev–Trinajstić information content (AvgIpc) is 2.39. The summed E-state index contributed by atoms with van der Waals surface area (Å²) >= 11 is 5.76. The van der Waals surface area contributed by atoms with Gasteiger partial charge in [0.05, 0.1) is 11.8 Å². The number of ether oxygens (including phenoxy) is 1. The first-order valence-corrected chi connectivity index (χ1v) is 8.51. The third-order valence-corrected chi connectivity index (χ3v) is 5.06. The molecule has 1 heterocycles. The summed E-state index contributed by atoms with van der Waals surface area (Å²) in [7, 11) is -3.60. The molecule has 20 heavy (non-hydrogen) atoms. The summed E-state index contributed by atoms with van der Waals surface area (Å²) in [6.45, 7) is 1.11. The normalized spacial score (nSPS) is 19.9. The summed E-state index contributed by atoms with van der Waals surface area (Å²) in [4.78, 5) is 0.0615. The zero-order valence-electron chi connectivity index (χ0n) is 11.1. The molecule has 0 amide bonds. The second-order valence-electron chi connectivity index (χ2n) is 4.86. The van der Waals surface area contributed by atoms with Crippen LogP contribution in [0.15, 0.2) is 23.1 Å². The molecular formula is C13H19ClN2O3S. The molecule has 3 N–H and O–H groups in total. The van der Waals surface area contributed by atoms with Gasteiger partial charge in [0.15, 0.2) is 0 Å². The van der Waals surface area contributed by atoms with E-state index in [0.29, 0.717) is 18.0 Å². The Hall–Kier alpha value is -0.820. The maximum Gasteiger partial charge on any atom is 0.242 e. The number of hydrogen-bond donors (Lipinski definition) is 2. The minimum absolute atomic E-state index is 0.0615. The number of rotatable bonds is 5. The van der Waals surface area contributed by atoms with E-state index >= 15 is 0 Å². The van der Waals surface area contributed by atoms with Gasteiger partial charge in [-0.25, -0.2) is 13.1 Å². The van der Waals surface area contributed by atoms with E-state index in [0.717, 1.165) is 25.9 Å². The highest BCUT2D eigenvalue weighted by atomic mass is 35.5. The lowest BCUT2D eigenvalue weighted by Crippen LogP contribution is -2.30. The zero-order chi connectivity index (χ0) is 14.6. The Balaban J connectivity index is 1.93. The van der Waals surface area contributed by atoms with Crippen molar-refractivity contribution < 1.29 is 13.2 Å². The van der Waals surface area contributed by atoms with E-state index in [-0.39, 0.29) is 16.7 Å². The first kappa shape index (κ1) is 15.6. The van der Waals surface area contributed by atoms with Crippen molar-refractivity contribution in [3.63, 3.8) is 0 Å². The Bertz CT molecular complexity index is 557. The zero-order valence-corrected chi connectivity index (χ0v) is 12.7. The Labute approximate surface area is 124 Å². The predicted molar refractivity (Wildman–Crippen MR) is 79.3 cm³/mol. The third kappa shape index (κ3) is 4.09. The van der Waals surface area contributed by atoms with Gasteiger partial charge in [-0.05, 0) is 43.9 Å². The second kappa shape index (κ2) is 6.76. The number of halogens is 1. The summed E-state index contributed by atoms with van der Waals surface area (Å²) < 4.78 is 32.4. The van der Waals surface area contributed by atoms with Crippen molar-refractivity contribution in [1.82, 2.24) is 4.72 Å². The monoisotopic (exact) mass is 318 g/mol. The third-order valence-electron chi connectivity index (χ3n) is 3.29. The molecule has 1 aromatic rings. The van der Waals surface area contributed by atoms with Crippen LogP contribution in [-0.2, 0) is 14.8 Å². The molecule has 0 aliphatic carbocycles. The first-order valence-electron chi connectivity index (χ1n) is 6.65. The molecule has 0 radical (unpaired) electrons. The van der Waals surface area contributed by atoms with Crippen molar-refractivity contribution in [3.8, 4) is 0 Å². The quantitative estimate of drug-likeness (QED) is 0.815. The maximum atomic E-state index is 12.1. The van der Waals surface area contributed by atoms with Crippen molar-refractivity contribution in [2.45, 2.75) is 36.7 Å². The fourth-order valence-corrected chi connectivity index (χ4v) is 3.57. The molecule has 0 spiro atoms. The van der Waals surface area contributed by atoms with Crippen LogP contribution in [0.1, 0.15) is 25.7 Å². The molecule has 1 aliphatic rings. The highest BCUT2D eigenvalue weighted by Gasteiger charge is 2.19. The molecule has 1 atom stereocenters. The molecular weight excluding hydrogens is 300 g/mol. The number of nitrogens with one attached hydrogen (secondary N) is 1. The fourth-order valence-electron chi connectivity index (χ4n) is 2.23. The van der Waals surface area contributed by atoms with Crippen LogP contribution in [0.5, 0.6) is 0 Å². The van der Waals surface area contributed by atoms with Gasteiger partial charge in [-0.3, -0.25) is 0 Å². The van der Waals surface area contributed by atoms with Gasteiger partial charge in [-0.1, -0.05) is 11.6 Å². The van der Waals surface area contributed by atoms with Crippen LogP contribution in [-0.4, -0.2) is 27.7 Å². The molecule has 0 bridgehead atoms. The van der Waals surface area contributed by atoms with Gasteiger partial charge in [0, 0.05) is 18.2 Å². The van der Waals surface area contributed by atoms with E-state index in [1.165, 1.54) is 18.2 Å². The SMILES string of the molecule is Nc1cc(Cl)ccc1S(=O)(=O)NCCC1CCCCO1. The van der Waals surface area contributed by atoms with E-state index in [4.69, 9.17) is 22.1 Å². The number of anilines is 1. The van der Waals surface area contributed by atoms with Gasteiger partial charge in [0.25, 0.3) is 0 Å². The first-order chi connectivity index (χ1) is 9.49. The van der Waals surface area contributed by atoms with E-state index < -0.39 is 10.0 Å². The summed E-state index contributed by atoms with van der Waals surface area (Å²) in [5, 5.41) is 0.414. The van der Waals surface area contributed by atoms with Crippen molar-refractivity contribution in [3.05, 3.63) is 23.2 Å². The van der Waals surface area contributed by atoms with Crippen molar-refractivity contribution in [2.24, 2.45) is 0 Å². The van der Waals surface area contributed by atoms with Crippen LogP contribution in [0.2, 0.25) is 5.02 Å². The standard InChI is InChI=1S/C13H19ClN2O3S/c14-10-4-5-13(12(15)9-10)20(17,18)16-7-6-11-3-1-2-8-19-11/h4-5,9,11,16H,1-3,6-8,15H2. The van der Waals surface area contributed by atoms with Gasteiger partial charge in [0.2, 0.25) is 10.0 Å². The minimum Gasteiger partial charge on any atom is -0.398 e. The van der Waals surface area contributed by atoms with Crippen molar-refractivity contribution in [2.75, 3.05) is 18.9 Å².